The van der Waals surface area contributed by atoms with Crippen LogP contribution in [0.2, 0.25) is 0 Å². The molecule has 0 bridgehead atoms. The van der Waals surface area contributed by atoms with Gasteiger partial charge in [-0.15, -0.1) is 0 Å². The zero-order valence-electron chi connectivity index (χ0n) is 7.23. The molecule has 3 heteroatoms. The maximum atomic E-state index is 10.7. The van der Waals surface area contributed by atoms with Gasteiger partial charge in [0.15, 0.2) is 0 Å². The second-order valence-electron chi connectivity index (χ2n) is 3.38. The van der Waals surface area contributed by atoms with Crippen molar-refractivity contribution in [2.24, 2.45) is 17.6 Å². The number of carbonyl (C=O) groups is 1. The quantitative estimate of drug-likeness (QED) is 0.589. The van der Waals surface area contributed by atoms with Crippen molar-refractivity contribution in [2.45, 2.75) is 25.9 Å². The number of hydrogen-bond acceptors (Lipinski definition) is 2. The van der Waals surface area contributed by atoms with Gasteiger partial charge in [-0.3, -0.25) is 4.79 Å². The lowest BCUT2D eigenvalue weighted by molar-refractivity contribution is -0.129. The molecule has 3 N–H and O–H groups in total. The van der Waals surface area contributed by atoms with Gasteiger partial charge in [0, 0.05) is 5.92 Å². The largest absolute Gasteiger partial charge is 0.383 e. The van der Waals surface area contributed by atoms with Crippen LogP contribution in [0.5, 0.6) is 0 Å². The van der Waals surface area contributed by atoms with E-state index in [0.29, 0.717) is 0 Å². The van der Waals surface area contributed by atoms with Gasteiger partial charge in [-0.05, 0) is 18.8 Å². The van der Waals surface area contributed by atoms with Gasteiger partial charge < -0.3 is 10.8 Å². The van der Waals surface area contributed by atoms with Gasteiger partial charge >= 0.3 is 0 Å². The van der Waals surface area contributed by atoms with Crippen LogP contribution in [-0.2, 0) is 4.79 Å². The highest BCUT2D eigenvalue weighted by molar-refractivity contribution is 5.78. The predicted octanol–water partition coefficient (Wildman–Crippen LogP) is 0.435. The zero-order valence-corrected chi connectivity index (χ0v) is 7.23. The van der Waals surface area contributed by atoms with Crippen LogP contribution in [0, 0.1) is 11.8 Å². The van der Waals surface area contributed by atoms with E-state index in [0.717, 1.165) is 12.8 Å². The smallest absolute Gasteiger partial charge is 0.246 e. The van der Waals surface area contributed by atoms with Crippen LogP contribution in [0.1, 0.15) is 19.8 Å². The molecule has 3 nitrogen and oxygen atoms in total. The molecule has 1 unspecified atom stereocenters. The molecule has 0 spiro atoms. The lowest BCUT2D eigenvalue weighted by Crippen LogP contribution is -2.38. The average molecular weight is 169 g/mol. The SMILES string of the molecule is C[C@@H]1C=CCC[C@H]1C(O)C(N)=O. The average Bonchev–Trinajstić information content (AvgIpc) is 2.04. The molecule has 0 fully saturated rings. The number of carbonyl (C=O) groups excluding carboxylic acids is 1. The fourth-order valence-corrected chi connectivity index (χ4v) is 1.66. The number of allylic oxidation sites excluding steroid dienone is 2. The molecule has 1 aliphatic carbocycles. The Morgan fingerprint density at radius 2 is 2.42 bits per heavy atom. The van der Waals surface area contributed by atoms with Crippen molar-refractivity contribution >= 4 is 5.91 Å². The summed E-state index contributed by atoms with van der Waals surface area (Å²) in [5.74, 6) is -0.351. The number of nitrogens with two attached hydrogens (primary N) is 1. The van der Waals surface area contributed by atoms with Crippen LogP contribution in [0.25, 0.3) is 0 Å². The molecule has 0 aromatic carbocycles. The molecule has 1 rings (SSSR count). The summed E-state index contributed by atoms with van der Waals surface area (Å²) in [6.07, 6.45) is 4.90. The van der Waals surface area contributed by atoms with E-state index in [1.165, 1.54) is 0 Å². The minimum Gasteiger partial charge on any atom is -0.383 e. The number of rotatable bonds is 2. The van der Waals surface area contributed by atoms with Crippen molar-refractivity contribution < 1.29 is 9.90 Å². The Kier molecular flexibility index (Phi) is 2.87. The Labute approximate surface area is 72.3 Å². The molecule has 0 aliphatic heterocycles. The summed E-state index contributed by atoms with van der Waals surface area (Å²) in [7, 11) is 0. The Morgan fingerprint density at radius 3 is 2.92 bits per heavy atom. The summed E-state index contributed by atoms with van der Waals surface area (Å²) in [6, 6.07) is 0. The van der Waals surface area contributed by atoms with Gasteiger partial charge in [0.1, 0.15) is 6.10 Å². The molecule has 0 aromatic heterocycles. The molecule has 1 amide bonds. The molecule has 3 atom stereocenters. The fraction of sp³-hybridized carbons (Fsp3) is 0.667. The standard InChI is InChI=1S/C9H15NO2/c1-6-4-2-3-5-7(6)8(11)9(10)12/h2,4,6-8,11H,3,5H2,1H3,(H2,10,12)/t6-,7-,8?/m1/s1. The first-order valence-corrected chi connectivity index (χ1v) is 4.27. The number of hydrogen-bond donors (Lipinski definition) is 2. The third-order valence-corrected chi connectivity index (χ3v) is 2.48. The molecule has 0 heterocycles. The van der Waals surface area contributed by atoms with Gasteiger partial charge in [0.25, 0.3) is 0 Å². The highest BCUT2D eigenvalue weighted by Crippen LogP contribution is 2.26. The minimum atomic E-state index is -0.982. The maximum absolute atomic E-state index is 10.7. The van der Waals surface area contributed by atoms with Gasteiger partial charge in [0.2, 0.25) is 5.91 Å². The summed E-state index contributed by atoms with van der Waals surface area (Å²) in [4.78, 5) is 10.7. The van der Waals surface area contributed by atoms with Gasteiger partial charge in [-0.2, -0.15) is 0 Å². The predicted molar refractivity (Wildman–Crippen MR) is 46.2 cm³/mol. The maximum Gasteiger partial charge on any atom is 0.246 e. The lowest BCUT2D eigenvalue weighted by Gasteiger charge is -2.27. The van der Waals surface area contributed by atoms with E-state index in [9.17, 15) is 9.90 Å². The van der Waals surface area contributed by atoms with Crippen LogP contribution in [-0.4, -0.2) is 17.1 Å². The van der Waals surface area contributed by atoms with Crippen molar-refractivity contribution in [3.8, 4) is 0 Å². The second kappa shape index (κ2) is 3.72. The van der Waals surface area contributed by atoms with Crippen molar-refractivity contribution in [3.63, 3.8) is 0 Å². The summed E-state index contributed by atoms with van der Waals surface area (Å²) in [6.45, 7) is 1.99. The van der Waals surface area contributed by atoms with E-state index in [4.69, 9.17) is 5.73 Å². The van der Waals surface area contributed by atoms with Crippen LogP contribution in [0.4, 0.5) is 0 Å². The Hall–Kier alpha value is -0.830. The Morgan fingerprint density at radius 1 is 1.75 bits per heavy atom. The van der Waals surface area contributed by atoms with Crippen LogP contribution in [0.15, 0.2) is 12.2 Å². The van der Waals surface area contributed by atoms with Crippen molar-refractivity contribution in [3.05, 3.63) is 12.2 Å². The number of aliphatic hydroxyl groups excluding tert-OH is 1. The Balaban J connectivity index is 2.62. The van der Waals surface area contributed by atoms with E-state index in [1.807, 2.05) is 13.0 Å². The molecule has 68 valence electrons. The summed E-state index contributed by atoms with van der Waals surface area (Å²) >= 11 is 0. The third-order valence-electron chi connectivity index (χ3n) is 2.48. The van der Waals surface area contributed by atoms with Gasteiger partial charge in [-0.25, -0.2) is 0 Å². The molecule has 0 saturated heterocycles. The topological polar surface area (TPSA) is 63.3 Å². The minimum absolute atomic E-state index is 0.00694. The molecular formula is C9H15NO2. The molecule has 0 saturated carbocycles. The highest BCUT2D eigenvalue weighted by atomic mass is 16.3. The van der Waals surface area contributed by atoms with E-state index < -0.39 is 12.0 Å². The Bertz CT molecular complexity index is 201. The van der Waals surface area contributed by atoms with Crippen molar-refractivity contribution in [2.75, 3.05) is 0 Å². The molecular weight excluding hydrogens is 154 g/mol. The summed E-state index contributed by atoms with van der Waals surface area (Å²) in [5.41, 5.74) is 5.02. The zero-order chi connectivity index (χ0) is 9.14. The number of aliphatic hydroxyl groups is 1. The normalized spacial score (nSPS) is 31.5. The van der Waals surface area contributed by atoms with E-state index in [-0.39, 0.29) is 11.8 Å². The first-order valence-electron chi connectivity index (χ1n) is 4.27. The number of amides is 1. The fourth-order valence-electron chi connectivity index (χ4n) is 1.66. The number of primary amides is 1. The van der Waals surface area contributed by atoms with E-state index in [2.05, 4.69) is 6.08 Å². The monoisotopic (exact) mass is 169 g/mol. The van der Waals surface area contributed by atoms with Crippen LogP contribution >= 0.6 is 0 Å². The lowest BCUT2D eigenvalue weighted by atomic mass is 9.81. The van der Waals surface area contributed by atoms with Crippen LogP contribution < -0.4 is 5.73 Å². The summed E-state index contributed by atoms with van der Waals surface area (Å²) < 4.78 is 0. The van der Waals surface area contributed by atoms with Gasteiger partial charge in [0.05, 0.1) is 0 Å². The van der Waals surface area contributed by atoms with Crippen molar-refractivity contribution in [1.82, 2.24) is 0 Å². The molecule has 12 heavy (non-hydrogen) atoms. The van der Waals surface area contributed by atoms with Crippen LogP contribution in [0.3, 0.4) is 0 Å². The van der Waals surface area contributed by atoms with Gasteiger partial charge in [-0.1, -0.05) is 19.1 Å². The molecule has 0 aromatic rings. The van der Waals surface area contributed by atoms with E-state index in [1.54, 1.807) is 0 Å². The molecule has 1 aliphatic rings. The van der Waals surface area contributed by atoms with Crippen molar-refractivity contribution in [1.29, 1.82) is 0 Å². The summed E-state index contributed by atoms with van der Waals surface area (Å²) in [5, 5.41) is 9.41. The highest BCUT2D eigenvalue weighted by Gasteiger charge is 2.28. The van der Waals surface area contributed by atoms with E-state index >= 15 is 0 Å². The molecule has 0 radical (unpaired) electrons. The first-order chi connectivity index (χ1) is 5.63. The third kappa shape index (κ3) is 1.85. The first kappa shape index (κ1) is 9.26. The second-order valence-corrected chi connectivity index (χ2v) is 3.38.